The first-order chi connectivity index (χ1) is 11.4. The SMILES string of the molecule is CN(CC[C@]1(C)C=C(C#N)C(=O)C(C)(C)C1)C(=O)C1CCC(F)(F)C1. The molecule has 1 saturated carbocycles. The Balaban J connectivity index is 2.02. The highest BCUT2D eigenvalue weighted by atomic mass is 19.3. The number of ketones is 1. The fourth-order valence-electron chi connectivity index (χ4n) is 4.17. The minimum atomic E-state index is -2.73. The summed E-state index contributed by atoms with van der Waals surface area (Å²) in [6, 6.07) is 1.98. The largest absolute Gasteiger partial charge is 0.345 e. The standard InChI is InChI=1S/C19H26F2N2O2/c1-17(2)12-18(3,9-14(11-22)15(17)24)7-8-23(4)16(25)13-5-6-19(20,21)10-13/h9,13H,5-8,10,12H2,1-4H3/t13?,18-/m1/s1. The summed E-state index contributed by atoms with van der Waals surface area (Å²) in [4.78, 5) is 26.1. The summed E-state index contributed by atoms with van der Waals surface area (Å²) in [7, 11) is 1.64. The molecule has 1 amide bonds. The highest BCUT2D eigenvalue weighted by Crippen LogP contribution is 2.45. The molecule has 2 rings (SSSR count). The van der Waals surface area contributed by atoms with E-state index in [9.17, 15) is 23.6 Å². The number of carbonyl (C=O) groups is 2. The number of nitriles is 1. The van der Waals surface area contributed by atoms with Crippen molar-refractivity contribution in [2.24, 2.45) is 16.7 Å². The Kier molecular flexibility index (Phi) is 5.09. The molecule has 0 aromatic carbocycles. The van der Waals surface area contributed by atoms with E-state index in [1.807, 2.05) is 26.8 Å². The maximum absolute atomic E-state index is 13.3. The maximum atomic E-state index is 13.3. The van der Waals surface area contributed by atoms with Crippen molar-refractivity contribution in [1.82, 2.24) is 4.90 Å². The van der Waals surface area contributed by atoms with Crippen molar-refractivity contribution in [3.05, 3.63) is 11.6 Å². The third-order valence-corrected chi connectivity index (χ3v) is 5.47. The van der Waals surface area contributed by atoms with Gasteiger partial charge in [-0.2, -0.15) is 5.26 Å². The fourth-order valence-corrected chi connectivity index (χ4v) is 4.17. The molecule has 0 aromatic rings. The average Bonchev–Trinajstić information content (AvgIpc) is 2.87. The second-order valence-electron chi connectivity index (χ2n) is 8.52. The van der Waals surface area contributed by atoms with Crippen molar-refractivity contribution in [1.29, 1.82) is 5.26 Å². The van der Waals surface area contributed by atoms with Gasteiger partial charge in [-0.15, -0.1) is 0 Å². The van der Waals surface area contributed by atoms with Gasteiger partial charge in [0.1, 0.15) is 6.07 Å². The second kappa shape index (κ2) is 6.51. The number of rotatable bonds is 4. The van der Waals surface area contributed by atoms with Gasteiger partial charge in [-0.05, 0) is 24.7 Å². The minimum Gasteiger partial charge on any atom is -0.345 e. The van der Waals surface area contributed by atoms with E-state index in [4.69, 9.17) is 0 Å². The quantitative estimate of drug-likeness (QED) is 0.774. The van der Waals surface area contributed by atoms with Crippen molar-refractivity contribution in [3.63, 3.8) is 0 Å². The molecule has 6 heteroatoms. The molecule has 0 aliphatic heterocycles. The van der Waals surface area contributed by atoms with Crippen LogP contribution in [0.3, 0.4) is 0 Å². The van der Waals surface area contributed by atoms with Gasteiger partial charge in [0, 0.05) is 37.8 Å². The normalized spacial score (nSPS) is 30.5. The number of amides is 1. The molecule has 0 aromatic heterocycles. The summed E-state index contributed by atoms with van der Waals surface area (Å²) in [5, 5.41) is 9.21. The Hall–Kier alpha value is -1.77. The van der Waals surface area contributed by atoms with E-state index >= 15 is 0 Å². The third kappa shape index (κ3) is 4.26. The number of nitrogens with zero attached hydrogens (tertiary/aromatic N) is 2. The zero-order chi connectivity index (χ0) is 19.0. The second-order valence-corrected chi connectivity index (χ2v) is 8.52. The number of carbonyl (C=O) groups excluding carboxylic acids is 2. The molecule has 0 bridgehead atoms. The third-order valence-electron chi connectivity index (χ3n) is 5.47. The Morgan fingerprint density at radius 1 is 1.40 bits per heavy atom. The Labute approximate surface area is 147 Å². The van der Waals surface area contributed by atoms with Crippen LogP contribution in [-0.2, 0) is 9.59 Å². The molecule has 2 aliphatic rings. The van der Waals surface area contributed by atoms with E-state index in [0.717, 1.165) is 0 Å². The topological polar surface area (TPSA) is 61.2 Å². The van der Waals surface area contributed by atoms with E-state index in [1.54, 1.807) is 13.1 Å². The number of alkyl halides is 2. The Bertz CT molecular complexity index is 648. The van der Waals surface area contributed by atoms with E-state index in [2.05, 4.69) is 0 Å². The van der Waals surface area contributed by atoms with Crippen LogP contribution < -0.4 is 0 Å². The minimum absolute atomic E-state index is 0.148. The van der Waals surface area contributed by atoms with E-state index < -0.39 is 17.3 Å². The summed E-state index contributed by atoms with van der Waals surface area (Å²) in [5.41, 5.74) is -0.829. The van der Waals surface area contributed by atoms with Crippen molar-refractivity contribution in [3.8, 4) is 6.07 Å². The van der Waals surface area contributed by atoms with Crippen LogP contribution in [-0.4, -0.2) is 36.1 Å². The van der Waals surface area contributed by atoms with Crippen molar-refractivity contribution < 1.29 is 18.4 Å². The van der Waals surface area contributed by atoms with Crippen LogP contribution in [0.4, 0.5) is 8.78 Å². The Morgan fingerprint density at radius 3 is 2.56 bits per heavy atom. The lowest BCUT2D eigenvalue weighted by atomic mass is 9.64. The van der Waals surface area contributed by atoms with Crippen molar-refractivity contribution >= 4 is 11.7 Å². The van der Waals surface area contributed by atoms with Gasteiger partial charge in [-0.3, -0.25) is 9.59 Å². The highest BCUT2D eigenvalue weighted by Gasteiger charge is 2.44. The molecule has 1 fully saturated rings. The first kappa shape index (κ1) is 19.6. The predicted molar refractivity (Wildman–Crippen MR) is 89.8 cm³/mol. The van der Waals surface area contributed by atoms with E-state index in [0.29, 0.717) is 19.4 Å². The molecule has 1 unspecified atom stereocenters. The zero-order valence-electron chi connectivity index (χ0n) is 15.4. The van der Waals surface area contributed by atoms with Crippen LogP contribution in [0.1, 0.15) is 52.9 Å². The monoisotopic (exact) mass is 352 g/mol. The number of halogens is 2. The van der Waals surface area contributed by atoms with Crippen LogP contribution in [0.5, 0.6) is 0 Å². The van der Waals surface area contributed by atoms with Gasteiger partial charge in [0.15, 0.2) is 5.78 Å². The summed E-state index contributed by atoms with van der Waals surface area (Å²) in [6.07, 6.45) is 2.52. The van der Waals surface area contributed by atoms with Gasteiger partial charge in [0.25, 0.3) is 0 Å². The van der Waals surface area contributed by atoms with Crippen LogP contribution in [0, 0.1) is 28.1 Å². The maximum Gasteiger partial charge on any atom is 0.248 e. The first-order valence-corrected chi connectivity index (χ1v) is 8.70. The smallest absolute Gasteiger partial charge is 0.248 e. The van der Waals surface area contributed by atoms with E-state index in [-0.39, 0.29) is 41.9 Å². The Morgan fingerprint density at radius 2 is 2.04 bits per heavy atom. The molecule has 2 aliphatic carbocycles. The van der Waals surface area contributed by atoms with Gasteiger partial charge in [-0.1, -0.05) is 26.8 Å². The molecular formula is C19H26F2N2O2. The highest BCUT2D eigenvalue weighted by molar-refractivity contribution is 6.03. The summed E-state index contributed by atoms with van der Waals surface area (Å²) in [5.74, 6) is -3.73. The summed E-state index contributed by atoms with van der Waals surface area (Å²) >= 11 is 0. The number of Topliss-reactive ketones (excluding diaryl/α,β-unsaturated/α-hetero) is 1. The lowest BCUT2D eigenvalue weighted by Crippen LogP contribution is -2.40. The molecule has 138 valence electrons. The van der Waals surface area contributed by atoms with Crippen LogP contribution >= 0.6 is 0 Å². The van der Waals surface area contributed by atoms with Gasteiger partial charge < -0.3 is 4.90 Å². The molecule has 0 heterocycles. The van der Waals surface area contributed by atoms with Gasteiger partial charge in [-0.25, -0.2) is 8.78 Å². The van der Waals surface area contributed by atoms with Gasteiger partial charge in [0.05, 0.1) is 5.57 Å². The number of hydrogen-bond acceptors (Lipinski definition) is 3. The van der Waals surface area contributed by atoms with Crippen LogP contribution in [0.2, 0.25) is 0 Å². The number of hydrogen-bond donors (Lipinski definition) is 0. The molecule has 0 spiro atoms. The molecule has 25 heavy (non-hydrogen) atoms. The first-order valence-electron chi connectivity index (χ1n) is 8.70. The summed E-state index contributed by atoms with van der Waals surface area (Å²) in [6.45, 7) is 6.04. The molecular weight excluding hydrogens is 326 g/mol. The molecule has 0 saturated heterocycles. The van der Waals surface area contributed by atoms with Crippen LogP contribution in [0.15, 0.2) is 11.6 Å². The molecule has 0 radical (unpaired) electrons. The van der Waals surface area contributed by atoms with Gasteiger partial charge >= 0.3 is 0 Å². The van der Waals surface area contributed by atoms with Gasteiger partial charge in [0.2, 0.25) is 11.8 Å². The predicted octanol–water partition coefficient (Wildman–Crippen LogP) is 3.73. The molecule has 0 N–H and O–H groups in total. The number of allylic oxidation sites excluding steroid dienone is 2. The average molecular weight is 352 g/mol. The lowest BCUT2D eigenvalue weighted by Gasteiger charge is -2.39. The van der Waals surface area contributed by atoms with Crippen molar-refractivity contribution in [2.45, 2.75) is 58.8 Å². The zero-order valence-corrected chi connectivity index (χ0v) is 15.4. The fraction of sp³-hybridized carbons (Fsp3) is 0.737. The van der Waals surface area contributed by atoms with Crippen LogP contribution in [0.25, 0.3) is 0 Å². The molecule has 4 nitrogen and oxygen atoms in total. The summed E-state index contributed by atoms with van der Waals surface area (Å²) < 4.78 is 26.6. The molecule has 2 atom stereocenters. The lowest BCUT2D eigenvalue weighted by molar-refractivity contribution is -0.135. The van der Waals surface area contributed by atoms with E-state index in [1.165, 1.54) is 4.90 Å². The van der Waals surface area contributed by atoms with Crippen molar-refractivity contribution in [2.75, 3.05) is 13.6 Å².